The Hall–Kier alpha value is -1.75. The predicted molar refractivity (Wildman–Crippen MR) is 57.5 cm³/mol. The van der Waals surface area contributed by atoms with Gasteiger partial charge >= 0.3 is 0 Å². The van der Waals surface area contributed by atoms with Crippen LogP contribution < -0.4 is 5.73 Å². The highest BCUT2D eigenvalue weighted by molar-refractivity contribution is 7.13. The minimum absolute atomic E-state index is 0.573. The number of nitrogens with zero attached hydrogens (tertiary/aromatic N) is 3. The highest BCUT2D eigenvalue weighted by atomic mass is 32.1. The number of rotatable bonds is 2. The number of nitrogens with two attached hydrogens (primary N) is 1. The molecule has 5 heteroatoms. The number of hydrogen-bond donors (Lipinski definition) is 1. The lowest BCUT2D eigenvalue weighted by Crippen LogP contribution is -1.83. The quantitative estimate of drug-likeness (QED) is 0.808. The van der Waals surface area contributed by atoms with E-state index in [0.29, 0.717) is 5.13 Å². The van der Waals surface area contributed by atoms with Crippen LogP contribution in [-0.2, 0) is 0 Å². The third-order valence-electron chi connectivity index (χ3n) is 1.56. The number of aromatic nitrogens is 3. The summed E-state index contributed by atoms with van der Waals surface area (Å²) in [6.07, 6.45) is 5.34. The molecule has 2 aromatic rings. The predicted octanol–water partition coefficient (Wildman–Crippen LogP) is 1.69. The molecule has 0 amide bonds. The van der Waals surface area contributed by atoms with Crippen LogP contribution in [0.15, 0.2) is 23.7 Å². The first kappa shape index (κ1) is 8.83. The van der Waals surface area contributed by atoms with Crippen molar-refractivity contribution in [3.05, 3.63) is 35.1 Å². The summed E-state index contributed by atoms with van der Waals surface area (Å²) in [5, 5.41) is 10.1. The number of hydrogen-bond acceptors (Lipinski definition) is 5. The first-order chi connectivity index (χ1) is 6.84. The SMILES string of the molecule is Nc1nc(C=Cc2cccnn2)cs1. The summed E-state index contributed by atoms with van der Waals surface area (Å²) in [4.78, 5) is 4.09. The first-order valence-corrected chi connectivity index (χ1v) is 4.89. The summed E-state index contributed by atoms with van der Waals surface area (Å²) in [7, 11) is 0. The fraction of sp³-hybridized carbons (Fsp3) is 0. The summed E-state index contributed by atoms with van der Waals surface area (Å²) in [6, 6.07) is 3.71. The number of thiazole rings is 1. The van der Waals surface area contributed by atoms with Gasteiger partial charge in [-0.05, 0) is 24.3 Å². The first-order valence-electron chi connectivity index (χ1n) is 4.01. The molecule has 0 spiro atoms. The van der Waals surface area contributed by atoms with Crippen LogP contribution >= 0.6 is 11.3 Å². The summed E-state index contributed by atoms with van der Waals surface area (Å²) in [5.74, 6) is 0. The van der Waals surface area contributed by atoms with Crippen molar-refractivity contribution < 1.29 is 0 Å². The topological polar surface area (TPSA) is 64.7 Å². The Morgan fingerprint density at radius 3 is 2.79 bits per heavy atom. The molecule has 0 radical (unpaired) electrons. The highest BCUT2D eigenvalue weighted by Gasteiger charge is 1.93. The van der Waals surface area contributed by atoms with Gasteiger partial charge in [0.05, 0.1) is 11.4 Å². The van der Waals surface area contributed by atoms with Gasteiger partial charge in [-0.3, -0.25) is 0 Å². The van der Waals surface area contributed by atoms with Gasteiger partial charge in [-0.2, -0.15) is 10.2 Å². The van der Waals surface area contributed by atoms with Crippen molar-refractivity contribution in [3.8, 4) is 0 Å². The lowest BCUT2D eigenvalue weighted by atomic mass is 10.3. The average Bonchev–Trinajstić information content (AvgIpc) is 2.63. The number of anilines is 1. The van der Waals surface area contributed by atoms with E-state index in [4.69, 9.17) is 5.73 Å². The van der Waals surface area contributed by atoms with Crippen molar-refractivity contribution in [3.63, 3.8) is 0 Å². The molecule has 2 rings (SSSR count). The third-order valence-corrected chi connectivity index (χ3v) is 2.25. The summed E-state index contributed by atoms with van der Waals surface area (Å²) >= 11 is 1.42. The second-order valence-corrected chi connectivity index (χ2v) is 3.48. The van der Waals surface area contributed by atoms with Gasteiger partial charge < -0.3 is 5.73 Å². The molecule has 0 aromatic carbocycles. The fourth-order valence-electron chi connectivity index (χ4n) is 0.950. The van der Waals surface area contributed by atoms with Gasteiger partial charge in [-0.1, -0.05) is 0 Å². The Labute approximate surface area is 85.1 Å². The molecule has 0 saturated heterocycles. The van der Waals surface area contributed by atoms with E-state index in [9.17, 15) is 0 Å². The maximum absolute atomic E-state index is 5.49. The van der Waals surface area contributed by atoms with E-state index >= 15 is 0 Å². The van der Waals surface area contributed by atoms with Crippen molar-refractivity contribution in [2.45, 2.75) is 0 Å². The molecule has 14 heavy (non-hydrogen) atoms. The van der Waals surface area contributed by atoms with Crippen LogP contribution in [0.3, 0.4) is 0 Å². The molecule has 0 fully saturated rings. The van der Waals surface area contributed by atoms with E-state index in [0.717, 1.165) is 11.4 Å². The lowest BCUT2D eigenvalue weighted by Gasteiger charge is -1.87. The molecular formula is C9H8N4S. The molecule has 0 aliphatic carbocycles. The normalized spacial score (nSPS) is 10.9. The zero-order chi connectivity index (χ0) is 9.80. The van der Waals surface area contributed by atoms with Gasteiger partial charge in [0.25, 0.3) is 0 Å². The van der Waals surface area contributed by atoms with Gasteiger partial charge in [-0.15, -0.1) is 11.3 Å². The molecule has 0 saturated carbocycles. The maximum atomic E-state index is 5.49. The lowest BCUT2D eigenvalue weighted by molar-refractivity contribution is 1.02. The van der Waals surface area contributed by atoms with E-state index in [-0.39, 0.29) is 0 Å². The van der Waals surface area contributed by atoms with Crippen LogP contribution in [-0.4, -0.2) is 15.2 Å². The molecule has 2 heterocycles. The Kier molecular flexibility index (Phi) is 2.51. The van der Waals surface area contributed by atoms with E-state index in [1.807, 2.05) is 29.7 Å². The standard InChI is InChI=1S/C9H8N4S/c10-9-12-8(6-14-9)4-3-7-2-1-5-11-13-7/h1-6H,(H2,10,12). The summed E-state index contributed by atoms with van der Waals surface area (Å²) in [5.41, 5.74) is 7.14. The molecule has 0 atom stereocenters. The zero-order valence-corrected chi connectivity index (χ0v) is 8.11. The maximum Gasteiger partial charge on any atom is 0.180 e. The second kappa shape index (κ2) is 3.97. The van der Waals surface area contributed by atoms with Crippen LogP contribution in [0.4, 0.5) is 5.13 Å². The van der Waals surface area contributed by atoms with Crippen molar-refractivity contribution in [1.82, 2.24) is 15.2 Å². The van der Waals surface area contributed by atoms with Gasteiger partial charge in [0, 0.05) is 11.6 Å². The third kappa shape index (κ3) is 2.14. The molecule has 2 aromatic heterocycles. The van der Waals surface area contributed by atoms with Crippen LogP contribution in [0, 0.1) is 0 Å². The highest BCUT2D eigenvalue weighted by Crippen LogP contribution is 2.13. The van der Waals surface area contributed by atoms with Gasteiger partial charge in [0.2, 0.25) is 0 Å². The van der Waals surface area contributed by atoms with Crippen molar-refractivity contribution in [1.29, 1.82) is 0 Å². The molecule has 0 bridgehead atoms. The smallest absolute Gasteiger partial charge is 0.180 e. The minimum atomic E-state index is 0.573. The molecule has 2 N–H and O–H groups in total. The summed E-state index contributed by atoms with van der Waals surface area (Å²) < 4.78 is 0. The Bertz CT molecular complexity index is 435. The fourth-order valence-corrected chi connectivity index (χ4v) is 1.48. The van der Waals surface area contributed by atoms with Crippen LogP contribution in [0.25, 0.3) is 12.2 Å². The van der Waals surface area contributed by atoms with Crippen molar-refractivity contribution >= 4 is 28.6 Å². The number of nitrogen functional groups attached to an aromatic ring is 1. The molecular weight excluding hydrogens is 196 g/mol. The van der Waals surface area contributed by atoms with E-state index in [1.165, 1.54) is 11.3 Å². The van der Waals surface area contributed by atoms with Gasteiger partial charge in [0.15, 0.2) is 5.13 Å². The van der Waals surface area contributed by atoms with Crippen molar-refractivity contribution in [2.24, 2.45) is 0 Å². The van der Waals surface area contributed by atoms with Gasteiger partial charge in [0.1, 0.15) is 0 Å². The van der Waals surface area contributed by atoms with Crippen molar-refractivity contribution in [2.75, 3.05) is 5.73 Å². The molecule has 70 valence electrons. The Balaban J connectivity index is 2.15. The Morgan fingerprint density at radius 2 is 2.14 bits per heavy atom. The van der Waals surface area contributed by atoms with Crippen LogP contribution in [0.1, 0.15) is 11.4 Å². The van der Waals surface area contributed by atoms with Gasteiger partial charge in [-0.25, -0.2) is 4.98 Å². The van der Waals surface area contributed by atoms with E-state index < -0.39 is 0 Å². The monoisotopic (exact) mass is 204 g/mol. The van der Waals surface area contributed by atoms with E-state index in [1.54, 1.807) is 6.20 Å². The van der Waals surface area contributed by atoms with E-state index in [2.05, 4.69) is 15.2 Å². The Morgan fingerprint density at radius 1 is 1.29 bits per heavy atom. The molecule has 0 aliphatic heterocycles. The van der Waals surface area contributed by atoms with Crippen LogP contribution in [0.5, 0.6) is 0 Å². The minimum Gasteiger partial charge on any atom is -0.375 e. The zero-order valence-electron chi connectivity index (χ0n) is 7.29. The molecule has 4 nitrogen and oxygen atoms in total. The largest absolute Gasteiger partial charge is 0.375 e. The average molecular weight is 204 g/mol. The summed E-state index contributed by atoms with van der Waals surface area (Å²) in [6.45, 7) is 0. The molecule has 0 unspecified atom stereocenters. The second-order valence-electron chi connectivity index (χ2n) is 2.59. The van der Waals surface area contributed by atoms with Crippen LogP contribution in [0.2, 0.25) is 0 Å². The molecule has 0 aliphatic rings.